The lowest BCUT2D eigenvalue weighted by atomic mass is 9.85. The van der Waals surface area contributed by atoms with Crippen molar-refractivity contribution in [2.45, 2.75) is 32.2 Å². The minimum Gasteiger partial charge on any atom is -0.481 e. The number of aliphatic carboxylic acids is 1. The zero-order valence-corrected chi connectivity index (χ0v) is 11.4. The molecular weight excluding hydrogens is 250 g/mol. The van der Waals surface area contributed by atoms with Gasteiger partial charge in [0.1, 0.15) is 0 Å². The maximum absolute atomic E-state index is 10.9. The van der Waals surface area contributed by atoms with Gasteiger partial charge in [0.15, 0.2) is 0 Å². The highest BCUT2D eigenvalue weighted by Crippen LogP contribution is 2.42. The fourth-order valence-corrected chi connectivity index (χ4v) is 3.05. The molecule has 98 valence electrons. The van der Waals surface area contributed by atoms with Gasteiger partial charge in [-0.15, -0.1) is 0 Å². The van der Waals surface area contributed by atoms with Gasteiger partial charge in [-0.3, -0.25) is 4.79 Å². The first-order valence-corrected chi connectivity index (χ1v) is 6.54. The monoisotopic (exact) mass is 267 g/mol. The van der Waals surface area contributed by atoms with Crippen molar-refractivity contribution in [1.82, 2.24) is 0 Å². The second kappa shape index (κ2) is 4.81. The molecule has 1 heterocycles. The highest BCUT2D eigenvalue weighted by molar-refractivity contribution is 6.33. The van der Waals surface area contributed by atoms with Crippen LogP contribution in [0.3, 0.4) is 0 Å². The lowest BCUT2D eigenvalue weighted by molar-refractivity contribution is -0.138. The average molecular weight is 268 g/mol. The molecule has 1 N–H and O–H groups in total. The van der Waals surface area contributed by atoms with E-state index < -0.39 is 5.97 Å². The van der Waals surface area contributed by atoms with E-state index >= 15 is 0 Å². The molecule has 2 rings (SSSR count). The summed E-state index contributed by atoms with van der Waals surface area (Å²) in [6, 6.07) is 7.73. The van der Waals surface area contributed by atoms with E-state index in [1.54, 1.807) is 0 Å². The van der Waals surface area contributed by atoms with Crippen LogP contribution >= 0.6 is 11.6 Å². The van der Waals surface area contributed by atoms with Crippen LogP contribution in [0.2, 0.25) is 5.02 Å². The van der Waals surface area contributed by atoms with Crippen LogP contribution in [0, 0.1) is 5.92 Å². The second-order valence-electron chi connectivity index (χ2n) is 5.34. The first-order chi connectivity index (χ1) is 8.43. The summed E-state index contributed by atoms with van der Waals surface area (Å²) in [4.78, 5) is 13.1. The van der Waals surface area contributed by atoms with Crippen molar-refractivity contribution in [3.8, 4) is 0 Å². The first kappa shape index (κ1) is 13.2. The Morgan fingerprint density at radius 2 is 2.17 bits per heavy atom. The molecule has 1 aromatic carbocycles. The number of nitrogens with zero attached hydrogens (tertiary/aromatic N) is 1. The number of para-hydroxylation sites is 1. The van der Waals surface area contributed by atoms with Gasteiger partial charge in [0.05, 0.1) is 17.1 Å². The second-order valence-corrected chi connectivity index (χ2v) is 5.75. The number of hydrogen-bond donors (Lipinski definition) is 1. The molecule has 0 aliphatic carbocycles. The molecule has 0 bridgehead atoms. The minimum absolute atomic E-state index is 0.159. The summed E-state index contributed by atoms with van der Waals surface area (Å²) < 4.78 is 0. The maximum atomic E-state index is 10.9. The molecule has 1 atom stereocenters. The SMILES string of the molecule is CC1(C)C(CC(=O)O)CCN1c1ccccc1Cl. The molecule has 1 saturated heterocycles. The first-order valence-electron chi connectivity index (χ1n) is 6.17. The molecule has 1 aliphatic rings. The van der Waals surface area contributed by atoms with E-state index in [0.29, 0.717) is 0 Å². The van der Waals surface area contributed by atoms with Crippen LogP contribution in [0.5, 0.6) is 0 Å². The largest absolute Gasteiger partial charge is 0.481 e. The Morgan fingerprint density at radius 3 is 2.78 bits per heavy atom. The van der Waals surface area contributed by atoms with E-state index in [9.17, 15) is 4.79 Å². The fourth-order valence-electron chi connectivity index (χ4n) is 2.81. The molecule has 0 aromatic heterocycles. The lowest BCUT2D eigenvalue weighted by Crippen LogP contribution is -2.43. The number of carbonyl (C=O) groups is 1. The highest BCUT2D eigenvalue weighted by atomic mass is 35.5. The molecule has 3 nitrogen and oxygen atoms in total. The summed E-state index contributed by atoms with van der Waals surface area (Å²) in [7, 11) is 0. The third-order valence-corrected chi connectivity index (χ3v) is 4.28. The van der Waals surface area contributed by atoms with Crippen molar-refractivity contribution in [3.05, 3.63) is 29.3 Å². The molecule has 0 spiro atoms. The van der Waals surface area contributed by atoms with E-state index in [-0.39, 0.29) is 17.9 Å². The fraction of sp³-hybridized carbons (Fsp3) is 0.500. The van der Waals surface area contributed by atoms with Crippen LogP contribution in [0.25, 0.3) is 0 Å². The number of rotatable bonds is 3. The molecule has 1 aliphatic heterocycles. The van der Waals surface area contributed by atoms with E-state index in [4.69, 9.17) is 16.7 Å². The van der Waals surface area contributed by atoms with E-state index in [2.05, 4.69) is 18.7 Å². The van der Waals surface area contributed by atoms with Gasteiger partial charge < -0.3 is 10.0 Å². The third-order valence-electron chi connectivity index (χ3n) is 3.96. The predicted molar refractivity (Wildman–Crippen MR) is 73.2 cm³/mol. The van der Waals surface area contributed by atoms with Gasteiger partial charge in [-0.2, -0.15) is 0 Å². The summed E-state index contributed by atoms with van der Waals surface area (Å²) >= 11 is 6.23. The van der Waals surface area contributed by atoms with Crippen LogP contribution < -0.4 is 4.90 Å². The minimum atomic E-state index is -0.728. The average Bonchev–Trinajstić information content (AvgIpc) is 2.55. The van der Waals surface area contributed by atoms with Crippen LogP contribution in [0.4, 0.5) is 5.69 Å². The standard InChI is InChI=1S/C14H18ClNO2/c1-14(2)10(9-13(17)18)7-8-16(14)12-6-4-3-5-11(12)15/h3-6,10H,7-9H2,1-2H3,(H,17,18). The van der Waals surface area contributed by atoms with Crippen LogP contribution in [0.1, 0.15) is 26.7 Å². The molecule has 18 heavy (non-hydrogen) atoms. The summed E-state index contributed by atoms with van der Waals surface area (Å²) in [5.74, 6) is -0.569. The van der Waals surface area contributed by atoms with Gasteiger partial charge in [0.25, 0.3) is 0 Å². The van der Waals surface area contributed by atoms with Gasteiger partial charge in [0.2, 0.25) is 0 Å². The van der Waals surface area contributed by atoms with Crippen molar-refractivity contribution < 1.29 is 9.90 Å². The Kier molecular flexibility index (Phi) is 3.53. The van der Waals surface area contributed by atoms with E-state index in [1.165, 1.54) is 0 Å². The van der Waals surface area contributed by atoms with Crippen molar-refractivity contribution in [2.24, 2.45) is 5.92 Å². The van der Waals surface area contributed by atoms with Crippen molar-refractivity contribution in [1.29, 1.82) is 0 Å². The lowest BCUT2D eigenvalue weighted by Gasteiger charge is -2.37. The Morgan fingerprint density at radius 1 is 1.50 bits per heavy atom. The quantitative estimate of drug-likeness (QED) is 0.912. The summed E-state index contributed by atoms with van der Waals surface area (Å²) in [6.07, 6.45) is 1.11. The van der Waals surface area contributed by atoms with Gasteiger partial charge in [-0.25, -0.2) is 0 Å². The zero-order valence-electron chi connectivity index (χ0n) is 10.7. The topological polar surface area (TPSA) is 40.5 Å². The Hall–Kier alpha value is -1.22. The Bertz CT molecular complexity index is 459. The molecule has 0 radical (unpaired) electrons. The normalized spacial score (nSPS) is 22.2. The summed E-state index contributed by atoms with van der Waals surface area (Å²) in [5, 5.41) is 9.70. The highest BCUT2D eigenvalue weighted by Gasteiger charge is 2.42. The molecule has 1 aromatic rings. The molecular formula is C14H18ClNO2. The summed E-state index contributed by atoms with van der Waals surface area (Å²) in [6.45, 7) is 5.04. The van der Waals surface area contributed by atoms with E-state index in [0.717, 1.165) is 23.7 Å². The van der Waals surface area contributed by atoms with E-state index in [1.807, 2.05) is 24.3 Å². The van der Waals surface area contributed by atoms with Crippen LogP contribution in [-0.4, -0.2) is 23.2 Å². The number of carboxylic acids is 1. The Labute approximate surface area is 112 Å². The Balaban J connectivity index is 2.27. The molecule has 1 fully saturated rings. The number of anilines is 1. The predicted octanol–water partition coefficient (Wildman–Crippen LogP) is 3.42. The number of benzene rings is 1. The third kappa shape index (κ3) is 2.32. The zero-order chi connectivity index (χ0) is 13.3. The summed E-state index contributed by atoms with van der Waals surface area (Å²) in [5.41, 5.74) is 0.820. The van der Waals surface area contributed by atoms with Crippen LogP contribution in [0.15, 0.2) is 24.3 Å². The van der Waals surface area contributed by atoms with Gasteiger partial charge in [-0.05, 0) is 38.3 Å². The number of carboxylic acid groups (broad SMARTS) is 1. The number of hydrogen-bond acceptors (Lipinski definition) is 2. The van der Waals surface area contributed by atoms with Gasteiger partial charge in [0, 0.05) is 12.1 Å². The number of halogens is 1. The van der Waals surface area contributed by atoms with Gasteiger partial charge >= 0.3 is 5.97 Å². The molecule has 4 heteroatoms. The van der Waals surface area contributed by atoms with Crippen molar-refractivity contribution >= 4 is 23.3 Å². The van der Waals surface area contributed by atoms with Crippen LogP contribution in [-0.2, 0) is 4.79 Å². The van der Waals surface area contributed by atoms with Gasteiger partial charge in [-0.1, -0.05) is 23.7 Å². The molecule has 0 amide bonds. The van der Waals surface area contributed by atoms with Crippen molar-refractivity contribution in [2.75, 3.05) is 11.4 Å². The maximum Gasteiger partial charge on any atom is 0.303 e. The molecule has 0 saturated carbocycles. The smallest absolute Gasteiger partial charge is 0.303 e. The van der Waals surface area contributed by atoms with Crippen molar-refractivity contribution in [3.63, 3.8) is 0 Å². The molecule has 1 unspecified atom stereocenters.